The van der Waals surface area contributed by atoms with E-state index in [1.54, 1.807) is 13.1 Å². The first kappa shape index (κ1) is 10.5. The van der Waals surface area contributed by atoms with Crippen molar-refractivity contribution in [1.29, 1.82) is 0 Å². The number of carbonyl (C=O) groups excluding carboxylic acids is 1. The Balaban J connectivity index is 1.96. The number of fused-ring (bicyclic) bond motifs is 1. The zero-order valence-corrected chi connectivity index (χ0v) is 9.37. The van der Waals surface area contributed by atoms with E-state index in [0.717, 1.165) is 19.4 Å². The minimum absolute atomic E-state index is 0.0883. The van der Waals surface area contributed by atoms with Gasteiger partial charge >= 0.3 is 0 Å². The molecule has 0 fully saturated rings. The zero-order chi connectivity index (χ0) is 10.8. The summed E-state index contributed by atoms with van der Waals surface area (Å²) in [7, 11) is 0. The van der Waals surface area contributed by atoms with Crippen LogP contribution in [0.15, 0.2) is 12.3 Å². The van der Waals surface area contributed by atoms with Crippen LogP contribution >= 0.6 is 11.6 Å². The highest BCUT2D eigenvalue weighted by Crippen LogP contribution is 2.14. The van der Waals surface area contributed by atoms with Crippen molar-refractivity contribution in [2.45, 2.75) is 37.7 Å². The van der Waals surface area contributed by atoms with Crippen LogP contribution < -0.4 is 5.32 Å². The molecular weight excluding hydrogens is 214 g/mol. The van der Waals surface area contributed by atoms with Crippen molar-refractivity contribution >= 4 is 17.5 Å². The number of amides is 1. The van der Waals surface area contributed by atoms with Crippen molar-refractivity contribution in [2.24, 2.45) is 0 Å². The van der Waals surface area contributed by atoms with Gasteiger partial charge in [0.15, 0.2) is 0 Å². The number of halogens is 1. The Morgan fingerprint density at radius 3 is 3.33 bits per heavy atom. The summed E-state index contributed by atoms with van der Waals surface area (Å²) in [6.07, 6.45) is 3.56. The van der Waals surface area contributed by atoms with Gasteiger partial charge in [-0.25, -0.2) is 0 Å². The Labute approximate surface area is 93.6 Å². The number of alkyl halides is 1. The van der Waals surface area contributed by atoms with Crippen molar-refractivity contribution in [1.82, 2.24) is 15.1 Å². The predicted molar refractivity (Wildman–Crippen MR) is 57.8 cm³/mol. The molecular formula is C10H14ClN3O. The first-order valence-corrected chi connectivity index (χ1v) is 5.55. The average molecular weight is 228 g/mol. The van der Waals surface area contributed by atoms with Gasteiger partial charge in [0.25, 0.3) is 0 Å². The Bertz CT molecular complexity index is 361. The standard InChI is InChI=1S/C10H14ClN3O/c1-7(11)10(15)13-8-3-5-14-9(6-8)2-4-12-14/h2,4,7-8H,3,5-6H2,1H3,(H,13,15). The molecule has 1 aliphatic heterocycles. The molecule has 1 aliphatic rings. The molecule has 2 heterocycles. The maximum Gasteiger partial charge on any atom is 0.237 e. The SMILES string of the molecule is CC(Cl)C(=O)NC1CCn2nccc2C1. The van der Waals surface area contributed by atoms with Crippen LogP contribution in [-0.4, -0.2) is 27.1 Å². The molecule has 1 aromatic heterocycles. The molecule has 1 N–H and O–H groups in total. The van der Waals surface area contributed by atoms with Crippen LogP contribution in [0.5, 0.6) is 0 Å². The number of hydrogen-bond donors (Lipinski definition) is 1. The van der Waals surface area contributed by atoms with Gasteiger partial charge in [0.1, 0.15) is 5.38 Å². The molecule has 2 unspecified atom stereocenters. The fourth-order valence-corrected chi connectivity index (χ4v) is 1.87. The van der Waals surface area contributed by atoms with E-state index in [2.05, 4.69) is 10.4 Å². The number of nitrogens with zero attached hydrogens (tertiary/aromatic N) is 2. The minimum atomic E-state index is -0.461. The normalized spacial score (nSPS) is 21.9. The number of aromatic nitrogens is 2. The Kier molecular flexibility index (Phi) is 2.95. The van der Waals surface area contributed by atoms with Gasteiger partial charge in [-0.1, -0.05) is 0 Å². The summed E-state index contributed by atoms with van der Waals surface area (Å²) < 4.78 is 1.98. The van der Waals surface area contributed by atoms with Gasteiger partial charge in [-0.05, 0) is 19.4 Å². The van der Waals surface area contributed by atoms with E-state index >= 15 is 0 Å². The first-order valence-electron chi connectivity index (χ1n) is 5.12. The van der Waals surface area contributed by atoms with E-state index in [9.17, 15) is 4.79 Å². The molecule has 0 aromatic carbocycles. The smallest absolute Gasteiger partial charge is 0.237 e. The summed E-state index contributed by atoms with van der Waals surface area (Å²) in [5.41, 5.74) is 1.17. The van der Waals surface area contributed by atoms with Gasteiger partial charge in [-0.15, -0.1) is 11.6 Å². The van der Waals surface area contributed by atoms with Gasteiger partial charge in [0.2, 0.25) is 5.91 Å². The van der Waals surface area contributed by atoms with Crippen LogP contribution in [0, 0.1) is 0 Å². The molecule has 0 radical (unpaired) electrons. The molecule has 0 saturated heterocycles. The molecule has 0 bridgehead atoms. The predicted octanol–water partition coefficient (Wildman–Crippen LogP) is 0.941. The summed E-state index contributed by atoms with van der Waals surface area (Å²) in [5.74, 6) is -0.0883. The lowest BCUT2D eigenvalue weighted by atomic mass is 10.0. The molecule has 5 heteroatoms. The van der Waals surface area contributed by atoms with E-state index in [0.29, 0.717) is 0 Å². The Morgan fingerprint density at radius 2 is 2.60 bits per heavy atom. The van der Waals surface area contributed by atoms with Gasteiger partial charge in [0.05, 0.1) is 0 Å². The minimum Gasteiger partial charge on any atom is -0.352 e. The van der Waals surface area contributed by atoms with E-state index < -0.39 is 5.38 Å². The lowest BCUT2D eigenvalue weighted by molar-refractivity contribution is -0.121. The van der Waals surface area contributed by atoms with E-state index in [4.69, 9.17) is 11.6 Å². The van der Waals surface area contributed by atoms with Gasteiger partial charge in [-0.2, -0.15) is 5.10 Å². The van der Waals surface area contributed by atoms with E-state index in [1.165, 1.54) is 5.69 Å². The van der Waals surface area contributed by atoms with Crippen molar-refractivity contribution in [3.63, 3.8) is 0 Å². The zero-order valence-electron chi connectivity index (χ0n) is 8.61. The monoisotopic (exact) mass is 227 g/mol. The lowest BCUT2D eigenvalue weighted by Gasteiger charge is -2.24. The topological polar surface area (TPSA) is 46.9 Å². The number of nitrogens with one attached hydrogen (secondary N) is 1. The largest absolute Gasteiger partial charge is 0.352 e. The number of aryl methyl sites for hydroxylation is 1. The average Bonchev–Trinajstić information content (AvgIpc) is 2.64. The highest BCUT2D eigenvalue weighted by molar-refractivity contribution is 6.30. The van der Waals surface area contributed by atoms with Crippen LogP contribution in [0.25, 0.3) is 0 Å². The third kappa shape index (κ3) is 2.31. The Morgan fingerprint density at radius 1 is 1.80 bits per heavy atom. The van der Waals surface area contributed by atoms with Gasteiger partial charge < -0.3 is 5.32 Å². The summed E-state index contributed by atoms with van der Waals surface area (Å²) in [6.45, 7) is 2.55. The van der Waals surface area contributed by atoms with E-state index in [-0.39, 0.29) is 11.9 Å². The maximum absolute atomic E-state index is 11.4. The third-order valence-corrected chi connectivity index (χ3v) is 2.86. The second kappa shape index (κ2) is 4.23. The summed E-state index contributed by atoms with van der Waals surface area (Å²) in [6, 6.07) is 2.19. The number of hydrogen-bond acceptors (Lipinski definition) is 2. The van der Waals surface area contributed by atoms with Crippen LogP contribution in [-0.2, 0) is 17.8 Å². The van der Waals surface area contributed by atoms with Crippen molar-refractivity contribution in [3.05, 3.63) is 18.0 Å². The molecule has 1 aromatic rings. The lowest BCUT2D eigenvalue weighted by Crippen LogP contribution is -2.42. The highest BCUT2D eigenvalue weighted by atomic mass is 35.5. The summed E-state index contributed by atoms with van der Waals surface area (Å²) >= 11 is 5.70. The highest BCUT2D eigenvalue weighted by Gasteiger charge is 2.21. The number of carbonyl (C=O) groups is 1. The Hall–Kier alpha value is -1.03. The van der Waals surface area contributed by atoms with Crippen LogP contribution in [0.3, 0.4) is 0 Å². The fraction of sp³-hybridized carbons (Fsp3) is 0.600. The molecule has 1 amide bonds. The summed E-state index contributed by atoms with van der Waals surface area (Å²) in [5, 5.41) is 6.66. The molecule has 15 heavy (non-hydrogen) atoms. The second-order valence-electron chi connectivity index (χ2n) is 3.86. The quantitative estimate of drug-likeness (QED) is 0.765. The van der Waals surface area contributed by atoms with Crippen LogP contribution in [0.2, 0.25) is 0 Å². The molecule has 2 rings (SSSR count). The third-order valence-electron chi connectivity index (χ3n) is 2.66. The van der Waals surface area contributed by atoms with Gasteiger partial charge in [-0.3, -0.25) is 9.48 Å². The van der Waals surface area contributed by atoms with Crippen molar-refractivity contribution in [3.8, 4) is 0 Å². The van der Waals surface area contributed by atoms with Crippen molar-refractivity contribution in [2.75, 3.05) is 0 Å². The van der Waals surface area contributed by atoms with E-state index in [1.807, 2.05) is 10.7 Å². The van der Waals surface area contributed by atoms with Crippen molar-refractivity contribution < 1.29 is 4.79 Å². The van der Waals surface area contributed by atoms with Crippen LogP contribution in [0.4, 0.5) is 0 Å². The molecule has 0 saturated carbocycles. The molecule has 82 valence electrons. The first-order chi connectivity index (χ1) is 7.16. The number of rotatable bonds is 2. The second-order valence-corrected chi connectivity index (χ2v) is 4.51. The van der Waals surface area contributed by atoms with Crippen LogP contribution in [0.1, 0.15) is 19.0 Å². The van der Waals surface area contributed by atoms with Gasteiger partial charge in [0, 0.05) is 30.9 Å². The molecule has 0 spiro atoms. The maximum atomic E-state index is 11.4. The molecule has 4 nitrogen and oxygen atoms in total. The molecule has 2 atom stereocenters. The molecule has 0 aliphatic carbocycles. The fourth-order valence-electron chi connectivity index (χ4n) is 1.81. The summed E-state index contributed by atoms with van der Waals surface area (Å²) in [4.78, 5) is 11.4.